The minimum absolute atomic E-state index is 1.25. The maximum Gasteiger partial charge on any atom is 0.0627 e. The smallest absolute Gasteiger partial charge is 0.0627 e. The van der Waals surface area contributed by atoms with E-state index in [0.29, 0.717) is 0 Å². The van der Waals surface area contributed by atoms with E-state index in [2.05, 4.69) is 120 Å². The molecule has 1 heteroatoms. The molecule has 0 radical (unpaired) electrons. The maximum absolute atomic E-state index is 2.54. The van der Waals surface area contributed by atoms with Crippen LogP contribution in [0, 0.1) is 0 Å². The van der Waals surface area contributed by atoms with Gasteiger partial charge in [0.15, 0.2) is 0 Å². The highest BCUT2D eigenvalue weighted by Gasteiger charge is 2.26. The van der Waals surface area contributed by atoms with Gasteiger partial charge in [0.1, 0.15) is 0 Å². The van der Waals surface area contributed by atoms with Gasteiger partial charge in [0.2, 0.25) is 0 Å². The summed E-state index contributed by atoms with van der Waals surface area (Å²) in [4.78, 5) is 0. The molecular weight excluding hydrogens is 422 g/mol. The van der Waals surface area contributed by atoms with Crippen LogP contribution in [0.3, 0.4) is 0 Å². The van der Waals surface area contributed by atoms with E-state index in [0.717, 1.165) is 0 Å². The van der Waals surface area contributed by atoms with Crippen LogP contribution in [0.1, 0.15) is 0 Å². The summed E-state index contributed by atoms with van der Waals surface area (Å²) in [7, 11) is 0. The van der Waals surface area contributed by atoms with Gasteiger partial charge in [-0.1, -0.05) is 91.0 Å². The second-order valence-corrected chi connectivity index (χ2v) is 9.77. The third kappa shape index (κ3) is 2.10. The minimum atomic E-state index is 1.25. The van der Waals surface area contributed by atoms with Crippen molar-refractivity contribution in [2.75, 3.05) is 0 Å². The van der Waals surface area contributed by atoms with Crippen molar-refractivity contribution >= 4 is 59.6 Å². The fourth-order valence-corrected chi connectivity index (χ4v) is 6.55. The molecule has 0 aliphatic rings. The van der Waals surface area contributed by atoms with Crippen molar-refractivity contribution in [1.82, 2.24) is 4.40 Å². The predicted octanol–water partition coefficient (Wildman–Crippen LogP) is 9.35. The molecule has 0 fully saturated rings. The first-order valence-corrected chi connectivity index (χ1v) is 12.2. The van der Waals surface area contributed by atoms with Gasteiger partial charge in [-0.05, 0) is 57.3 Å². The molecule has 0 atom stereocenters. The van der Waals surface area contributed by atoms with Gasteiger partial charge in [-0.25, -0.2) is 0 Å². The lowest BCUT2D eigenvalue weighted by Crippen LogP contribution is -1.82. The lowest BCUT2D eigenvalue weighted by atomic mass is 9.95. The normalized spacial score (nSPS) is 12.6. The molecule has 3 heterocycles. The van der Waals surface area contributed by atoms with Crippen LogP contribution in [0.4, 0.5) is 0 Å². The molecule has 0 spiro atoms. The van der Waals surface area contributed by atoms with Crippen molar-refractivity contribution in [2.24, 2.45) is 0 Å². The molecule has 0 saturated carbocycles. The van der Waals surface area contributed by atoms with Gasteiger partial charge in [-0.3, -0.25) is 0 Å². The predicted molar refractivity (Wildman–Crippen MR) is 149 cm³/mol. The highest BCUT2D eigenvalue weighted by molar-refractivity contribution is 6.38. The standard InChI is InChI=1S/C34H19N/c1-2-8-20(9-3-1)21-11-6-12-22(16-21)24-18-28-26-14-7-15-27-29-17-23-10-4-5-13-25(23)31-30(19-24)33(28)35(32(26)27)34(29)31/h1-19H. The average Bonchev–Trinajstić information content (AvgIpc) is 3.56. The third-order valence-electron chi connectivity index (χ3n) is 7.99. The van der Waals surface area contributed by atoms with Crippen LogP contribution in [0.5, 0.6) is 0 Å². The van der Waals surface area contributed by atoms with Crippen molar-refractivity contribution in [3.05, 3.63) is 115 Å². The van der Waals surface area contributed by atoms with Crippen LogP contribution in [-0.2, 0) is 0 Å². The van der Waals surface area contributed by atoms with Crippen molar-refractivity contribution in [3.8, 4) is 22.3 Å². The lowest BCUT2D eigenvalue weighted by molar-refractivity contribution is 1.41. The zero-order chi connectivity index (χ0) is 22.7. The van der Waals surface area contributed by atoms with Gasteiger partial charge in [0, 0.05) is 32.3 Å². The number of nitrogens with zero attached hydrogens (tertiary/aromatic N) is 1. The van der Waals surface area contributed by atoms with Crippen LogP contribution in [0.15, 0.2) is 115 Å². The van der Waals surface area contributed by atoms with E-state index in [-0.39, 0.29) is 0 Å². The number of hydrogen-bond acceptors (Lipinski definition) is 0. The van der Waals surface area contributed by atoms with Gasteiger partial charge in [-0.2, -0.15) is 0 Å². The number of fused-ring (bicyclic) bond motifs is 5. The first-order chi connectivity index (χ1) is 17.4. The lowest BCUT2D eigenvalue weighted by Gasteiger charge is -2.08. The SMILES string of the molecule is c1ccc(-c2cccc(-c3cc4c5cccc6c7cc8ccccc8c8c(c3)c4n(c56)c78)c2)cc1. The Morgan fingerprint density at radius 2 is 0.943 bits per heavy atom. The summed E-state index contributed by atoms with van der Waals surface area (Å²) in [6.07, 6.45) is 0. The Morgan fingerprint density at radius 3 is 1.80 bits per heavy atom. The van der Waals surface area contributed by atoms with Gasteiger partial charge in [0.05, 0.1) is 16.6 Å². The zero-order valence-corrected chi connectivity index (χ0v) is 18.9. The second kappa shape index (κ2) is 6.08. The van der Waals surface area contributed by atoms with Crippen molar-refractivity contribution < 1.29 is 0 Å². The first kappa shape index (κ1) is 17.8. The Bertz CT molecular complexity index is 2200. The average molecular weight is 442 g/mol. The number of rotatable bonds is 2. The molecule has 0 N–H and O–H groups in total. The van der Waals surface area contributed by atoms with Gasteiger partial charge >= 0.3 is 0 Å². The number of aromatic nitrogens is 1. The van der Waals surface area contributed by atoms with E-state index < -0.39 is 0 Å². The Labute approximate surface area is 201 Å². The van der Waals surface area contributed by atoms with Gasteiger partial charge in [-0.15, -0.1) is 0 Å². The Hall–Kier alpha value is -4.62. The number of para-hydroxylation sites is 1. The fraction of sp³-hybridized carbons (Fsp3) is 0. The van der Waals surface area contributed by atoms with Crippen molar-refractivity contribution in [3.63, 3.8) is 0 Å². The highest BCUT2D eigenvalue weighted by Crippen LogP contribution is 2.50. The fourth-order valence-electron chi connectivity index (χ4n) is 6.55. The summed E-state index contributed by atoms with van der Waals surface area (Å²) in [5, 5.41) is 10.8. The molecule has 0 amide bonds. The minimum Gasteiger partial charge on any atom is -0.307 e. The molecule has 35 heavy (non-hydrogen) atoms. The van der Waals surface area contributed by atoms with E-state index >= 15 is 0 Å². The van der Waals surface area contributed by atoms with E-state index in [4.69, 9.17) is 0 Å². The Balaban J connectivity index is 1.47. The van der Waals surface area contributed by atoms with Crippen LogP contribution < -0.4 is 0 Å². The van der Waals surface area contributed by atoms with Gasteiger partial charge in [0.25, 0.3) is 0 Å². The summed E-state index contributed by atoms with van der Waals surface area (Å²) in [6.45, 7) is 0. The number of hydrogen-bond donors (Lipinski definition) is 0. The Kier molecular flexibility index (Phi) is 3.09. The van der Waals surface area contributed by atoms with Crippen molar-refractivity contribution in [1.29, 1.82) is 0 Å². The molecule has 0 aliphatic heterocycles. The monoisotopic (exact) mass is 441 g/mol. The summed E-state index contributed by atoms with van der Waals surface area (Å²) in [5.41, 5.74) is 9.13. The summed E-state index contributed by atoms with van der Waals surface area (Å²) in [6, 6.07) is 42.5. The maximum atomic E-state index is 2.54. The van der Waals surface area contributed by atoms with Crippen LogP contribution in [0.2, 0.25) is 0 Å². The zero-order valence-electron chi connectivity index (χ0n) is 18.9. The number of benzene rings is 6. The highest BCUT2D eigenvalue weighted by atomic mass is 14.9. The first-order valence-electron chi connectivity index (χ1n) is 12.2. The molecule has 0 saturated heterocycles. The van der Waals surface area contributed by atoms with E-state index in [9.17, 15) is 0 Å². The van der Waals surface area contributed by atoms with Crippen LogP contribution in [0.25, 0.3) is 81.9 Å². The molecule has 6 aromatic carbocycles. The molecule has 0 unspecified atom stereocenters. The second-order valence-electron chi connectivity index (χ2n) is 9.77. The molecule has 160 valence electrons. The summed E-state index contributed by atoms with van der Waals surface area (Å²) < 4.78 is 2.54. The van der Waals surface area contributed by atoms with Gasteiger partial charge < -0.3 is 4.40 Å². The Morgan fingerprint density at radius 1 is 0.343 bits per heavy atom. The molecule has 9 rings (SSSR count). The quantitative estimate of drug-likeness (QED) is 0.252. The van der Waals surface area contributed by atoms with E-state index in [1.807, 2.05) is 0 Å². The molecular formula is C34H19N. The van der Waals surface area contributed by atoms with Crippen LogP contribution in [-0.4, -0.2) is 4.40 Å². The van der Waals surface area contributed by atoms with Crippen molar-refractivity contribution in [2.45, 2.75) is 0 Å². The molecule has 0 aliphatic carbocycles. The van der Waals surface area contributed by atoms with Crippen LogP contribution >= 0.6 is 0 Å². The summed E-state index contributed by atoms with van der Waals surface area (Å²) >= 11 is 0. The molecule has 0 bridgehead atoms. The van der Waals surface area contributed by atoms with E-state index in [1.54, 1.807) is 0 Å². The topological polar surface area (TPSA) is 4.41 Å². The largest absolute Gasteiger partial charge is 0.307 e. The molecule has 9 aromatic rings. The summed E-state index contributed by atoms with van der Waals surface area (Å²) in [5.74, 6) is 0. The third-order valence-corrected chi connectivity index (χ3v) is 7.99. The molecule has 3 aromatic heterocycles. The molecule has 1 nitrogen and oxygen atoms in total. The van der Waals surface area contributed by atoms with E-state index in [1.165, 1.54) is 81.9 Å².